The van der Waals surface area contributed by atoms with Gasteiger partial charge in [-0.05, 0) is 18.2 Å². The van der Waals surface area contributed by atoms with E-state index in [-0.39, 0.29) is 11.3 Å². The van der Waals surface area contributed by atoms with E-state index in [1.54, 1.807) is 6.07 Å². The number of hydrogen-bond acceptors (Lipinski definition) is 5. The van der Waals surface area contributed by atoms with Crippen molar-refractivity contribution in [1.82, 2.24) is 5.32 Å². The van der Waals surface area contributed by atoms with Crippen molar-refractivity contribution in [2.24, 2.45) is 0 Å². The highest BCUT2D eigenvalue weighted by Gasteiger charge is 2.22. The Hall–Kier alpha value is -2.28. The van der Waals surface area contributed by atoms with Gasteiger partial charge in [0.05, 0.1) is 26.4 Å². The minimum Gasteiger partial charge on any atom is -0.497 e. The number of aliphatic carboxylic acids is 1. The molecule has 0 saturated carbocycles. The predicted octanol–water partition coefficient (Wildman–Crippen LogP) is -0.121. The topological polar surface area (TPSA) is 105 Å². The van der Waals surface area contributed by atoms with Crippen molar-refractivity contribution in [3.63, 3.8) is 0 Å². The first-order valence-electron chi connectivity index (χ1n) is 5.40. The molecular formula is C12H15NO6. The van der Waals surface area contributed by atoms with Gasteiger partial charge >= 0.3 is 5.97 Å². The molecule has 0 aromatic heterocycles. The molecule has 1 atom stereocenters. The van der Waals surface area contributed by atoms with Gasteiger partial charge in [-0.3, -0.25) is 4.79 Å². The Bertz CT molecular complexity index is 473. The Balaban J connectivity index is 3.00. The number of aliphatic hydroxyl groups excluding tert-OH is 1. The van der Waals surface area contributed by atoms with Crippen LogP contribution in [0.5, 0.6) is 11.5 Å². The molecule has 1 aromatic carbocycles. The molecule has 0 radical (unpaired) electrons. The number of carbonyl (C=O) groups is 2. The maximum atomic E-state index is 11.9. The smallest absolute Gasteiger partial charge is 0.328 e. The lowest BCUT2D eigenvalue weighted by atomic mass is 10.1. The molecule has 7 nitrogen and oxygen atoms in total. The molecule has 7 heteroatoms. The van der Waals surface area contributed by atoms with Crippen molar-refractivity contribution in [3.8, 4) is 11.5 Å². The number of rotatable bonds is 6. The standard InChI is InChI=1S/C12H15NO6/c1-18-7-3-4-10(19-2)8(5-7)11(15)13-9(6-14)12(16)17/h3-5,9,14H,6H2,1-2H3,(H,13,15)(H,16,17)/t9-/m1/s1. The van der Waals surface area contributed by atoms with Gasteiger partial charge in [-0.15, -0.1) is 0 Å². The van der Waals surface area contributed by atoms with E-state index >= 15 is 0 Å². The van der Waals surface area contributed by atoms with Gasteiger partial charge in [-0.25, -0.2) is 4.79 Å². The third kappa shape index (κ3) is 3.59. The number of carbonyl (C=O) groups excluding carboxylic acids is 1. The fraction of sp³-hybridized carbons (Fsp3) is 0.333. The van der Waals surface area contributed by atoms with Crippen molar-refractivity contribution in [3.05, 3.63) is 23.8 Å². The highest BCUT2D eigenvalue weighted by atomic mass is 16.5. The number of ether oxygens (including phenoxy) is 2. The number of nitrogens with one attached hydrogen (secondary N) is 1. The molecule has 3 N–H and O–H groups in total. The largest absolute Gasteiger partial charge is 0.497 e. The van der Waals surface area contributed by atoms with Crippen LogP contribution in [0.1, 0.15) is 10.4 Å². The van der Waals surface area contributed by atoms with Gasteiger partial charge in [0.15, 0.2) is 6.04 Å². The minimum atomic E-state index is -1.37. The summed E-state index contributed by atoms with van der Waals surface area (Å²) in [6.45, 7) is -0.701. The molecule has 19 heavy (non-hydrogen) atoms. The van der Waals surface area contributed by atoms with Crippen LogP contribution in [0.15, 0.2) is 18.2 Å². The van der Waals surface area contributed by atoms with Crippen LogP contribution in [0.3, 0.4) is 0 Å². The molecule has 0 heterocycles. The molecule has 1 rings (SSSR count). The summed E-state index contributed by atoms with van der Waals surface area (Å²) in [5.41, 5.74) is 0.126. The summed E-state index contributed by atoms with van der Waals surface area (Å²) in [7, 11) is 2.83. The molecule has 0 bridgehead atoms. The van der Waals surface area contributed by atoms with Crippen LogP contribution in [-0.2, 0) is 4.79 Å². The minimum absolute atomic E-state index is 0.126. The SMILES string of the molecule is COc1ccc(OC)c(C(=O)N[C@H](CO)C(=O)O)c1. The maximum absolute atomic E-state index is 11.9. The number of carboxylic acid groups (broad SMARTS) is 1. The van der Waals surface area contributed by atoms with Gasteiger partial charge in [0.1, 0.15) is 11.5 Å². The summed E-state index contributed by atoms with van der Waals surface area (Å²) in [6.07, 6.45) is 0. The summed E-state index contributed by atoms with van der Waals surface area (Å²) in [4.78, 5) is 22.7. The first-order chi connectivity index (χ1) is 9.03. The Labute approximate surface area is 109 Å². The lowest BCUT2D eigenvalue weighted by Gasteiger charge is -2.14. The highest BCUT2D eigenvalue weighted by Crippen LogP contribution is 2.23. The number of benzene rings is 1. The van der Waals surface area contributed by atoms with Crippen LogP contribution in [0, 0.1) is 0 Å². The summed E-state index contributed by atoms with van der Waals surface area (Å²) >= 11 is 0. The van der Waals surface area contributed by atoms with Gasteiger partial charge in [0.2, 0.25) is 0 Å². The molecule has 104 valence electrons. The quantitative estimate of drug-likeness (QED) is 0.665. The van der Waals surface area contributed by atoms with E-state index in [1.165, 1.54) is 26.4 Å². The lowest BCUT2D eigenvalue weighted by Crippen LogP contribution is -2.43. The molecular weight excluding hydrogens is 254 g/mol. The predicted molar refractivity (Wildman–Crippen MR) is 65.5 cm³/mol. The van der Waals surface area contributed by atoms with E-state index in [0.717, 1.165) is 0 Å². The molecule has 0 aliphatic heterocycles. The first-order valence-corrected chi connectivity index (χ1v) is 5.40. The fourth-order valence-corrected chi connectivity index (χ4v) is 1.41. The number of methoxy groups -OCH3 is 2. The van der Waals surface area contributed by atoms with E-state index in [2.05, 4.69) is 5.32 Å². The van der Waals surface area contributed by atoms with Crippen molar-refractivity contribution in [1.29, 1.82) is 0 Å². The number of hydrogen-bond donors (Lipinski definition) is 3. The van der Waals surface area contributed by atoms with E-state index in [1.807, 2.05) is 0 Å². The van der Waals surface area contributed by atoms with Crippen LogP contribution in [0.2, 0.25) is 0 Å². The molecule has 0 aliphatic carbocycles. The zero-order valence-corrected chi connectivity index (χ0v) is 10.5. The number of amides is 1. The average Bonchev–Trinajstić information content (AvgIpc) is 2.43. The molecule has 0 fully saturated rings. The molecule has 1 aromatic rings. The zero-order valence-electron chi connectivity index (χ0n) is 10.5. The first kappa shape index (κ1) is 14.8. The van der Waals surface area contributed by atoms with Gasteiger partial charge in [-0.2, -0.15) is 0 Å². The van der Waals surface area contributed by atoms with Crippen LogP contribution in [-0.4, -0.2) is 49.0 Å². The van der Waals surface area contributed by atoms with Crippen molar-refractivity contribution >= 4 is 11.9 Å². The van der Waals surface area contributed by atoms with Gasteiger partial charge < -0.3 is 25.0 Å². The second-order valence-corrected chi connectivity index (χ2v) is 3.61. The average molecular weight is 269 g/mol. The van der Waals surface area contributed by atoms with E-state index < -0.39 is 24.5 Å². The van der Waals surface area contributed by atoms with E-state index in [9.17, 15) is 9.59 Å². The third-order valence-electron chi connectivity index (χ3n) is 2.44. The number of aliphatic hydroxyl groups is 1. The molecule has 0 spiro atoms. The molecule has 0 unspecified atom stereocenters. The maximum Gasteiger partial charge on any atom is 0.328 e. The van der Waals surface area contributed by atoms with E-state index in [0.29, 0.717) is 5.75 Å². The van der Waals surface area contributed by atoms with Crippen molar-refractivity contribution in [2.45, 2.75) is 6.04 Å². The second-order valence-electron chi connectivity index (χ2n) is 3.61. The lowest BCUT2D eigenvalue weighted by molar-refractivity contribution is -0.140. The summed E-state index contributed by atoms with van der Waals surface area (Å²) in [5.74, 6) is -1.28. The van der Waals surface area contributed by atoms with Gasteiger partial charge in [0.25, 0.3) is 5.91 Å². The summed E-state index contributed by atoms with van der Waals surface area (Å²) < 4.78 is 10.00. The second kappa shape index (κ2) is 6.60. The van der Waals surface area contributed by atoms with Crippen LogP contribution < -0.4 is 14.8 Å². The third-order valence-corrected chi connectivity index (χ3v) is 2.44. The van der Waals surface area contributed by atoms with E-state index in [4.69, 9.17) is 19.7 Å². The monoisotopic (exact) mass is 269 g/mol. The highest BCUT2D eigenvalue weighted by molar-refractivity contribution is 5.99. The van der Waals surface area contributed by atoms with Crippen molar-refractivity contribution in [2.75, 3.05) is 20.8 Å². The van der Waals surface area contributed by atoms with Gasteiger partial charge in [-0.1, -0.05) is 0 Å². The molecule has 0 aliphatic rings. The van der Waals surface area contributed by atoms with Gasteiger partial charge in [0, 0.05) is 0 Å². The summed E-state index contributed by atoms with van der Waals surface area (Å²) in [6, 6.07) is 3.19. The fourth-order valence-electron chi connectivity index (χ4n) is 1.41. The Kier molecular flexibility index (Phi) is 5.13. The zero-order chi connectivity index (χ0) is 14.4. The Morgan fingerprint density at radius 2 is 2.00 bits per heavy atom. The van der Waals surface area contributed by atoms with Crippen LogP contribution in [0.25, 0.3) is 0 Å². The van der Waals surface area contributed by atoms with Crippen molar-refractivity contribution < 1.29 is 29.3 Å². The van der Waals surface area contributed by atoms with Crippen LogP contribution in [0.4, 0.5) is 0 Å². The summed E-state index contributed by atoms with van der Waals surface area (Å²) in [5, 5.41) is 19.8. The number of carboxylic acids is 1. The Morgan fingerprint density at radius 1 is 1.32 bits per heavy atom. The van der Waals surface area contributed by atoms with Crippen LogP contribution >= 0.6 is 0 Å². The Morgan fingerprint density at radius 3 is 2.47 bits per heavy atom. The molecule has 1 amide bonds. The normalized spacial score (nSPS) is 11.5. The molecule has 0 saturated heterocycles.